The second-order valence-electron chi connectivity index (χ2n) is 4.97. The lowest BCUT2D eigenvalue weighted by Gasteiger charge is -2.20. The molecule has 12 heteroatoms. The number of hydrogen-bond donors (Lipinski definition) is 0. The molecule has 0 spiro atoms. The van der Waals surface area contributed by atoms with Crippen LogP contribution >= 0.6 is 0 Å². The maximum Gasteiger partial charge on any atom is 0.498 e. The molecule has 0 unspecified atom stereocenters. The minimum Gasteiger partial charge on any atom is -0.218 e. The Morgan fingerprint density at radius 3 is 1.39 bits per heavy atom. The first-order valence-electron chi connectivity index (χ1n) is 6.80. The second-order valence-corrected chi connectivity index (χ2v) is 9.51. The molecule has 0 radical (unpaired) electrons. The van der Waals surface area contributed by atoms with Gasteiger partial charge in [-0.3, -0.25) is 0 Å². The van der Waals surface area contributed by atoms with Crippen molar-refractivity contribution in [3.63, 3.8) is 0 Å². The molecule has 4 nitrogen and oxygen atoms in total. The first-order valence-corrected chi connectivity index (χ1v) is 9.89. The van der Waals surface area contributed by atoms with Gasteiger partial charge in [0.1, 0.15) is 0 Å². The van der Waals surface area contributed by atoms with Crippen LogP contribution in [0, 0.1) is 0 Å². The molecule has 0 saturated heterocycles. The zero-order valence-corrected chi connectivity index (χ0v) is 13.9. The van der Waals surface area contributed by atoms with Gasteiger partial charge in [0.15, 0.2) is 4.58 Å². The number of halogens is 6. The number of alkyl halides is 6. The molecule has 0 aliphatic heterocycles. The number of rotatable bonds is 9. The van der Waals surface area contributed by atoms with Crippen LogP contribution in [0.4, 0.5) is 26.3 Å². The summed E-state index contributed by atoms with van der Waals surface area (Å²) >= 11 is 0. The van der Waals surface area contributed by atoms with E-state index >= 15 is 0 Å². The van der Waals surface area contributed by atoms with E-state index in [9.17, 15) is 43.2 Å². The summed E-state index contributed by atoms with van der Waals surface area (Å²) in [5, 5.41) is 0. The molecule has 0 aromatic heterocycles. The molecule has 0 N–H and O–H groups in total. The number of hydrogen-bond acceptors (Lipinski definition) is 4. The average Bonchev–Trinajstić information content (AvgIpc) is 2.34. The minimum atomic E-state index is -6.48. The molecule has 23 heavy (non-hydrogen) atoms. The molecule has 140 valence electrons. The smallest absolute Gasteiger partial charge is 0.218 e. The van der Waals surface area contributed by atoms with Gasteiger partial charge in [-0.25, -0.2) is 16.8 Å². The Kier molecular flexibility index (Phi) is 7.86. The van der Waals surface area contributed by atoms with Crippen molar-refractivity contribution in [1.82, 2.24) is 0 Å². The molecule has 0 fully saturated rings. The molecule has 0 aromatic carbocycles. The Bertz CT molecular complexity index is 518. The SMILES string of the molecule is CCCCCCCCC(S(=O)(=O)C(F)(F)F)S(=O)(=O)C(F)(F)F. The van der Waals surface area contributed by atoms with E-state index in [1.54, 1.807) is 0 Å². The van der Waals surface area contributed by atoms with E-state index in [2.05, 4.69) is 0 Å². The fourth-order valence-electron chi connectivity index (χ4n) is 1.87. The molecule has 0 saturated carbocycles. The Balaban J connectivity index is 5.30. The van der Waals surface area contributed by atoms with Crippen molar-refractivity contribution in [3.8, 4) is 0 Å². The van der Waals surface area contributed by atoms with Gasteiger partial charge in [0.05, 0.1) is 0 Å². The van der Waals surface area contributed by atoms with Crippen molar-refractivity contribution < 1.29 is 43.2 Å². The fraction of sp³-hybridized carbons (Fsp3) is 1.00. The normalized spacial score (nSPS) is 14.4. The monoisotopic (exact) mass is 392 g/mol. The third kappa shape index (κ3) is 5.80. The summed E-state index contributed by atoms with van der Waals surface area (Å²) in [5.41, 5.74) is -12.1. The summed E-state index contributed by atoms with van der Waals surface area (Å²) in [6, 6.07) is 0. The van der Waals surface area contributed by atoms with Crippen LogP contribution in [0.1, 0.15) is 51.9 Å². The lowest BCUT2D eigenvalue weighted by atomic mass is 10.1. The van der Waals surface area contributed by atoms with Gasteiger partial charge in [-0.2, -0.15) is 26.3 Å². The Morgan fingerprint density at radius 1 is 0.696 bits per heavy atom. The van der Waals surface area contributed by atoms with Crippen molar-refractivity contribution >= 4 is 19.7 Å². The van der Waals surface area contributed by atoms with E-state index in [4.69, 9.17) is 0 Å². The van der Waals surface area contributed by atoms with Crippen molar-refractivity contribution in [2.75, 3.05) is 0 Å². The van der Waals surface area contributed by atoms with Crippen LogP contribution in [0.25, 0.3) is 0 Å². The highest BCUT2D eigenvalue weighted by molar-refractivity contribution is 8.09. The van der Waals surface area contributed by atoms with Crippen LogP contribution < -0.4 is 0 Å². The highest BCUT2D eigenvalue weighted by atomic mass is 32.3. The molecular formula is C11H18F6O4S2. The van der Waals surface area contributed by atoms with E-state index in [1.165, 1.54) is 0 Å². The van der Waals surface area contributed by atoms with Gasteiger partial charge in [0.25, 0.3) is 19.7 Å². The van der Waals surface area contributed by atoms with Gasteiger partial charge >= 0.3 is 11.0 Å². The van der Waals surface area contributed by atoms with Gasteiger partial charge < -0.3 is 0 Å². The van der Waals surface area contributed by atoms with Gasteiger partial charge in [-0.15, -0.1) is 0 Å². The highest BCUT2D eigenvalue weighted by Crippen LogP contribution is 2.38. The number of sulfone groups is 2. The molecule has 0 atom stereocenters. The van der Waals surface area contributed by atoms with Crippen LogP contribution in [0.5, 0.6) is 0 Å². The van der Waals surface area contributed by atoms with Crippen LogP contribution in [-0.4, -0.2) is 32.4 Å². The molecule has 0 aromatic rings. The summed E-state index contributed by atoms with van der Waals surface area (Å²) in [5.74, 6) is 0. The first-order chi connectivity index (χ1) is 10.2. The van der Waals surface area contributed by atoms with Crippen molar-refractivity contribution in [2.45, 2.75) is 67.5 Å². The van der Waals surface area contributed by atoms with Gasteiger partial charge in [-0.1, -0.05) is 45.4 Å². The standard InChI is InChI=1S/C11H18F6O4S2/c1-2-3-4-5-6-7-8-9(22(18,19)10(12,13)14)23(20,21)11(15,16)17/h9H,2-8H2,1H3. The van der Waals surface area contributed by atoms with Crippen molar-refractivity contribution in [3.05, 3.63) is 0 Å². The topological polar surface area (TPSA) is 68.3 Å². The van der Waals surface area contributed by atoms with E-state index in [-0.39, 0.29) is 12.8 Å². The second kappa shape index (κ2) is 8.04. The summed E-state index contributed by atoms with van der Waals surface area (Å²) < 4.78 is 116. The minimum absolute atomic E-state index is 0.150. The lowest BCUT2D eigenvalue weighted by molar-refractivity contribution is -0.0472. The molecular weight excluding hydrogens is 374 g/mol. The van der Waals surface area contributed by atoms with Gasteiger partial charge in [0.2, 0.25) is 0 Å². The molecule has 0 rings (SSSR count). The molecule has 0 bridgehead atoms. The van der Waals surface area contributed by atoms with Crippen LogP contribution in [0.15, 0.2) is 0 Å². The Hall–Kier alpha value is -0.520. The summed E-state index contributed by atoms with van der Waals surface area (Å²) in [6.07, 6.45) is 1.36. The van der Waals surface area contributed by atoms with Gasteiger partial charge in [-0.05, 0) is 6.42 Å². The molecule has 0 heterocycles. The lowest BCUT2D eigenvalue weighted by Crippen LogP contribution is -2.44. The Morgan fingerprint density at radius 2 is 1.04 bits per heavy atom. The number of unbranched alkanes of at least 4 members (excludes halogenated alkanes) is 5. The predicted molar refractivity (Wildman–Crippen MR) is 71.7 cm³/mol. The largest absolute Gasteiger partial charge is 0.498 e. The zero-order valence-electron chi connectivity index (χ0n) is 12.2. The summed E-state index contributed by atoms with van der Waals surface area (Å²) in [4.78, 5) is 0. The van der Waals surface area contributed by atoms with Crippen molar-refractivity contribution in [2.24, 2.45) is 0 Å². The Labute approximate surface area is 131 Å². The summed E-state index contributed by atoms with van der Waals surface area (Å²) in [7, 11) is -13.0. The third-order valence-corrected chi connectivity index (χ3v) is 7.80. The molecule has 0 amide bonds. The van der Waals surface area contributed by atoms with Crippen LogP contribution in [0.3, 0.4) is 0 Å². The zero-order chi connectivity index (χ0) is 18.5. The maximum atomic E-state index is 12.5. The first kappa shape index (κ1) is 22.5. The van der Waals surface area contributed by atoms with E-state index in [1.807, 2.05) is 6.92 Å². The molecule has 0 aliphatic rings. The van der Waals surface area contributed by atoms with E-state index < -0.39 is 41.7 Å². The van der Waals surface area contributed by atoms with Crippen molar-refractivity contribution in [1.29, 1.82) is 0 Å². The average molecular weight is 392 g/mol. The summed E-state index contributed by atoms with van der Waals surface area (Å²) in [6.45, 7) is 1.89. The highest BCUT2D eigenvalue weighted by Gasteiger charge is 2.62. The van der Waals surface area contributed by atoms with E-state index in [0.717, 1.165) is 12.8 Å². The predicted octanol–water partition coefficient (Wildman–Crippen LogP) is 3.93. The maximum absolute atomic E-state index is 12.5. The van der Waals surface area contributed by atoms with E-state index in [0.29, 0.717) is 12.8 Å². The fourth-order valence-corrected chi connectivity index (χ4v) is 5.41. The third-order valence-electron chi connectivity index (χ3n) is 3.13. The van der Waals surface area contributed by atoms with Crippen LogP contribution in [-0.2, 0) is 19.7 Å². The van der Waals surface area contributed by atoms with Gasteiger partial charge in [0, 0.05) is 0 Å². The molecule has 0 aliphatic carbocycles. The quantitative estimate of drug-likeness (QED) is 0.440. The van der Waals surface area contributed by atoms with Crippen LogP contribution in [0.2, 0.25) is 0 Å².